The van der Waals surface area contributed by atoms with Crippen LogP contribution in [0.15, 0.2) is 48.5 Å². The van der Waals surface area contributed by atoms with Crippen molar-refractivity contribution in [1.29, 1.82) is 0 Å². The van der Waals surface area contributed by atoms with Crippen LogP contribution in [0.1, 0.15) is 22.7 Å². The molecule has 0 saturated carbocycles. The van der Waals surface area contributed by atoms with Crippen LogP contribution in [0.2, 0.25) is 5.02 Å². The maximum absolute atomic E-state index is 12.9. The number of rotatable bonds is 8. The number of alkyl halides is 3. The fourth-order valence-corrected chi connectivity index (χ4v) is 3.56. The Bertz CT molecular complexity index is 856. The van der Waals surface area contributed by atoms with Crippen molar-refractivity contribution in [3.05, 3.63) is 70.2 Å². The lowest BCUT2D eigenvalue weighted by Crippen LogP contribution is -2.44. The second-order valence-electron chi connectivity index (χ2n) is 7.17. The molecule has 1 aliphatic rings. The van der Waals surface area contributed by atoms with E-state index < -0.39 is 11.7 Å². The highest BCUT2D eigenvalue weighted by Gasteiger charge is 2.31. The summed E-state index contributed by atoms with van der Waals surface area (Å²) in [4.78, 5) is 14.4. The molecule has 0 bridgehead atoms. The Morgan fingerprint density at radius 1 is 1.13 bits per heavy atom. The number of carbonyl (C=O) groups excluding carboxylic acids is 1. The van der Waals surface area contributed by atoms with Gasteiger partial charge in [0.2, 0.25) is 5.91 Å². The Balaban J connectivity index is 1.58. The zero-order valence-electron chi connectivity index (χ0n) is 16.8. The number of halogens is 4. The molecule has 3 rings (SSSR count). The van der Waals surface area contributed by atoms with Crippen molar-refractivity contribution in [3.63, 3.8) is 0 Å². The molecule has 0 aliphatic carbocycles. The minimum atomic E-state index is -4.39. The van der Waals surface area contributed by atoms with Crippen LogP contribution in [0.3, 0.4) is 0 Å². The zero-order valence-corrected chi connectivity index (χ0v) is 17.6. The van der Waals surface area contributed by atoms with E-state index in [9.17, 15) is 18.0 Å². The van der Waals surface area contributed by atoms with Gasteiger partial charge in [0.1, 0.15) is 6.61 Å². The van der Waals surface area contributed by atoms with E-state index in [1.165, 1.54) is 12.1 Å². The van der Waals surface area contributed by atoms with Gasteiger partial charge in [-0.15, -0.1) is 0 Å². The van der Waals surface area contributed by atoms with Crippen molar-refractivity contribution in [2.45, 2.75) is 18.8 Å². The van der Waals surface area contributed by atoms with Gasteiger partial charge in [0.05, 0.1) is 31.4 Å². The molecule has 9 heteroatoms. The van der Waals surface area contributed by atoms with Crippen molar-refractivity contribution in [3.8, 4) is 0 Å². The summed E-state index contributed by atoms with van der Waals surface area (Å²) in [7, 11) is 0. The molecule has 2 aromatic carbocycles. The van der Waals surface area contributed by atoms with Crippen LogP contribution in [0.5, 0.6) is 0 Å². The number of ether oxygens (including phenoxy) is 2. The Hall–Kier alpha value is -2.13. The van der Waals surface area contributed by atoms with E-state index in [1.54, 1.807) is 6.07 Å². The first-order valence-electron chi connectivity index (χ1n) is 9.91. The average Bonchev–Trinajstić information content (AvgIpc) is 2.76. The summed E-state index contributed by atoms with van der Waals surface area (Å²) in [5.74, 6) is -0.308. The molecule has 0 spiro atoms. The third-order valence-corrected chi connectivity index (χ3v) is 5.42. The van der Waals surface area contributed by atoms with Gasteiger partial charge in [-0.05, 0) is 29.3 Å². The first-order chi connectivity index (χ1) is 14.8. The van der Waals surface area contributed by atoms with Crippen LogP contribution >= 0.6 is 11.6 Å². The average molecular weight is 457 g/mol. The zero-order chi connectivity index (χ0) is 22.3. The van der Waals surface area contributed by atoms with Crippen LogP contribution < -0.4 is 5.32 Å². The van der Waals surface area contributed by atoms with Gasteiger partial charge in [-0.2, -0.15) is 13.2 Å². The molecule has 1 N–H and O–H groups in total. The van der Waals surface area contributed by atoms with Crippen LogP contribution in [-0.4, -0.2) is 50.3 Å². The summed E-state index contributed by atoms with van der Waals surface area (Å²) in [5.41, 5.74) is 0.786. The van der Waals surface area contributed by atoms with Gasteiger partial charge in [-0.1, -0.05) is 41.9 Å². The Morgan fingerprint density at radius 2 is 1.81 bits per heavy atom. The number of morpholine rings is 1. The van der Waals surface area contributed by atoms with E-state index in [1.807, 2.05) is 18.2 Å². The standard InChI is InChI=1S/C22H24ClF3N2O3/c23-19-4-2-1-3-17(19)14-31-15-21(29)27-13-20(28-9-11-30-12-10-28)16-5-7-18(8-6-16)22(24,25)26/h1-8,20H,9-15H2,(H,27,29). The Labute approximate surface area is 184 Å². The number of hydrogen-bond donors (Lipinski definition) is 1. The molecule has 168 valence electrons. The van der Waals surface area contributed by atoms with Crippen LogP contribution in [0, 0.1) is 0 Å². The number of amides is 1. The van der Waals surface area contributed by atoms with Crippen molar-refractivity contribution in [2.24, 2.45) is 0 Å². The summed E-state index contributed by atoms with van der Waals surface area (Å²) in [6, 6.07) is 12.0. The van der Waals surface area contributed by atoms with E-state index >= 15 is 0 Å². The fourth-order valence-electron chi connectivity index (χ4n) is 3.37. The highest BCUT2D eigenvalue weighted by atomic mass is 35.5. The smallest absolute Gasteiger partial charge is 0.379 e. The van der Waals surface area contributed by atoms with E-state index in [-0.39, 0.29) is 31.7 Å². The molecular weight excluding hydrogens is 433 g/mol. The normalized spacial score (nSPS) is 16.1. The first-order valence-corrected chi connectivity index (χ1v) is 10.3. The molecule has 1 saturated heterocycles. The molecule has 31 heavy (non-hydrogen) atoms. The monoisotopic (exact) mass is 456 g/mol. The van der Waals surface area contributed by atoms with Crippen molar-refractivity contribution in [2.75, 3.05) is 39.5 Å². The van der Waals surface area contributed by atoms with Crippen LogP contribution in [-0.2, 0) is 27.1 Å². The van der Waals surface area contributed by atoms with E-state index in [0.717, 1.165) is 17.7 Å². The molecule has 1 heterocycles. The summed E-state index contributed by atoms with van der Waals surface area (Å²) < 4.78 is 49.5. The quantitative estimate of drug-likeness (QED) is 0.650. The van der Waals surface area contributed by atoms with E-state index in [0.29, 0.717) is 36.9 Å². The number of nitrogens with zero attached hydrogens (tertiary/aromatic N) is 1. The molecule has 0 aromatic heterocycles. The summed E-state index contributed by atoms with van der Waals surface area (Å²) in [5, 5.41) is 3.39. The highest BCUT2D eigenvalue weighted by molar-refractivity contribution is 6.31. The summed E-state index contributed by atoms with van der Waals surface area (Å²) >= 11 is 6.07. The molecule has 2 aromatic rings. The molecular formula is C22H24ClF3N2O3. The predicted molar refractivity (Wildman–Crippen MR) is 111 cm³/mol. The first kappa shape index (κ1) is 23.5. The molecule has 5 nitrogen and oxygen atoms in total. The lowest BCUT2D eigenvalue weighted by Gasteiger charge is -2.35. The lowest BCUT2D eigenvalue weighted by molar-refractivity contribution is -0.137. The van der Waals surface area contributed by atoms with Gasteiger partial charge < -0.3 is 14.8 Å². The molecule has 1 fully saturated rings. The van der Waals surface area contributed by atoms with Crippen molar-refractivity contribution < 1.29 is 27.4 Å². The summed E-state index contributed by atoms with van der Waals surface area (Å²) in [6.07, 6.45) is -4.39. The lowest BCUT2D eigenvalue weighted by atomic mass is 10.0. The predicted octanol–water partition coefficient (Wildman–Crippen LogP) is 4.07. The van der Waals surface area contributed by atoms with Crippen molar-refractivity contribution >= 4 is 17.5 Å². The molecule has 1 unspecified atom stereocenters. The van der Waals surface area contributed by atoms with Gasteiger partial charge in [0.15, 0.2) is 0 Å². The minimum Gasteiger partial charge on any atom is -0.379 e. The number of hydrogen-bond acceptors (Lipinski definition) is 4. The van der Waals surface area contributed by atoms with E-state index in [4.69, 9.17) is 21.1 Å². The number of benzene rings is 2. The maximum atomic E-state index is 12.9. The SMILES string of the molecule is O=C(COCc1ccccc1Cl)NCC(c1ccc(C(F)(F)F)cc1)N1CCOCC1. The third kappa shape index (κ3) is 6.93. The van der Waals surface area contributed by atoms with Gasteiger partial charge in [0.25, 0.3) is 0 Å². The fraction of sp³-hybridized carbons (Fsp3) is 0.409. The topological polar surface area (TPSA) is 50.8 Å². The number of nitrogens with one attached hydrogen (secondary N) is 1. The molecule has 1 atom stereocenters. The highest BCUT2D eigenvalue weighted by Crippen LogP contribution is 2.31. The van der Waals surface area contributed by atoms with Gasteiger partial charge >= 0.3 is 6.18 Å². The Morgan fingerprint density at radius 3 is 2.45 bits per heavy atom. The largest absolute Gasteiger partial charge is 0.416 e. The Kier molecular flexibility index (Phi) is 8.31. The molecule has 0 radical (unpaired) electrons. The van der Waals surface area contributed by atoms with Crippen molar-refractivity contribution in [1.82, 2.24) is 10.2 Å². The van der Waals surface area contributed by atoms with Crippen LogP contribution in [0.4, 0.5) is 13.2 Å². The molecule has 1 amide bonds. The van der Waals surface area contributed by atoms with Gasteiger partial charge in [-0.25, -0.2) is 0 Å². The number of carbonyl (C=O) groups is 1. The third-order valence-electron chi connectivity index (χ3n) is 5.05. The second-order valence-corrected chi connectivity index (χ2v) is 7.58. The summed E-state index contributed by atoms with van der Waals surface area (Å²) in [6.45, 7) is 2.64. The van der Waals surface area contributed by atoms with E-state index in [2.05, 4.69) is 10.2 Å². The second kappa shape index (κ2) is 10.9. The van der Waals surface area contributed by atoms with Gasteiger partial charge in [0, 0.05) is 24.7 Å². The van der Waals surface area contributed by atoms with Crippen LogP contribution in [0.25, 0.3) is 0 Å². The maximum Gasteiger partial charge on any atom is 0.416 e. The van der Waals surface area contributed by atoms with Gasteiger partial charge in [-0.3, -0.25) is 9.69 Å². The minimum absolute atomic E-state index is 0.145. The molecule has 1 aliphatic heterocycles.